The lowest BCUT2D eigenvalue weighted by Crippen LogP contribution is -2.47. The zero-order valence-corrected chi connectivity index (χ0v) is 11.8. The van der Waals surface area contributed by atoms with Gasteiger partial charge in [0.25, 0.3) is 0 Å². The summed E-state index contributed by atoms with van der Waals surface area (Å²) >= 11 is 0. The minimum atomic E-state index is -1.82. The highest BCUT2D eigenvalue weighted by Crippen LogP contribution is 2.42. The van der Waals surface area contributed by atoms with Gasteiger partial charge in [-0.05, 0) is 30.5 Å². The predicted molar refractivity (Wildman–Crippen MR) is 74.1 cm³/mol. The molecule has 1 heterocycles. The molecular weight excluding hydrogens is 296 g/mol. The Hall–Kier alpha value is -2.18. The summed E-state index contributed by atoms with van der Waals surface area (Å²) in [6, 6.07) is 5.10. The summed E-state index contributed by atoms with van der Waals surface area (Å²) in [7, 11) is 0. The van der Waals surface area contributed by atoms with Crippen LogP contribution in [0.15, 0.2) is 24.3 Å². The van der Waals surface area contributed by atoms with Gasteiger partial charge in [0.05, 0.1) is 6.42 Å². The van der Waals surface area contributed by atoms with Crippen molar-refractivity contribution in [1.82, 2.24) is 4.90 Å². The molecule has 0 radical (unpaired) electrons. The molecule has 1 aliphatic heterocycles. The number of carboxylic acid groups (broad SMARTS) is 2. The van der Waals surface area contributed by atoms with Crippen LogP contribution in [0.1, 0.15) is 30.7 Å². The van der Waals surface area contributed by atoms with Gasteiger partial charge in [0.1, 0.15) is 11.5 Å². The zero-order valence-electron chi connectivity index (χ0n) is 11.8. The topological polar surface area (TPSA) is 77.8 Å². The Morgan fingerprint density at radius 2 is 1.73 bits per heavy atom. The fraction of sp³-hybridized carbons (Fsp3) is 0.467. The Kier molecular flexibility index (Phi) is 4.63. The van der Waals surface area contributed by atoms with Crippen molar-refractivity contribution in [2.75, 3.05) is 13.1 Å². The molecule has 1 saturated heterocycles. The third-order valence-corrected chi connectivity index (χ3v) is 4.14. The molecule has 0 aromatic heterocycles. The van der Waals surface area contributed by atoms with Crippen molar-refractivity contribution in [2.45, 2.75) is 30.8 Å². The number of halogens is 2. The third-order valence-electron chi connectivity index (χ3n) is 4.14. The van der Waals surface area contributed by atoms with E-state index in [2.05, 4.69) is 0 Å². The van der Waals surface area contributed by atoms with Crippen molar-refractivity contribution in [1.29, 1.82) is 0 Å². The molecule has 2 N–H and O–H groups in total. The Balaban J connectivity index is 2.23. The highest BCUT2D eigenvalue weighted by atomic mass is 19.1. The smallest absolute Gasteiger partial charge is 0.407 e. The molecule has 1 unspecified atom stereocenters. The van der Waals surface area contributed by atoms with Crippen molar-refractivity contribution in [3.8, 4) is 0 Å². The number of benzene rings is 1. The number of carbonyl (C=O) groups is 2. The van der Waals surface area contributed by atoms with E-state index in [0.29, 0.717) is 5.56 Å². The molecule has 1 fully saturated rings. The van der Waals surface area contributed by atoms with Crippen molar-refractivity contribution in [3.63, 3.8) is 0 Å². The van der Waals surface area contributed by atoms with E-state index in [1.165, 1.54) is 24.3 Å². The molecule has 22 heavy (non-hydrogen) atoms. The summed E-state index contributed by atoms with van der Waals surface area (Å²) in [5, 5.41) is 17.9. The van der Waals surface area contributed by atoms with Crippen LogP contribution in [0.25, 0.3) is 0 Å². The fourth-order valence-corrected chi connectivity index (χ4v) is 2.89. The third kappa shape index (κ3) is 3.52. The normalized spacial score (nSPS) is 18.7. The standard InChI is InChI=1S/C15H17F2NO4/c16-11-3-1-10(2-4-11)12(9-13(19)20)15(17)5-7-18(8-6-15)14(21)22/h1-4,12H,5-9H2,(H,19,20)(H,21,22). The first-order valence-corrected chi connectivity index (χ1v) is 6.96. The van der Waals surface area contributed by atoms with Crippen molar-refractivity contribution < 1.29 is 28.6 Å². The SMILES string of the molecule is O=C(O)CC(c1ccc(F)cc1)C1(F)CCN(C(=O)O)CC1. The molecule has 1 atom stereocenters. The monoisotopic (exact) mass is 313 g/mol. The maximum absolute atomic E-state index is 15.2. The molecular formula is C15H17F2NO4. The number of likely N-dealkylation sites (tertiary alicyclic amines) is 1. The van der Waals surface area contributed by atoms with Gasteiger partial charge in [0.2, 0.25) is 0 Å². The minimum Gasteiger partial charge on any atom is -0.481 e. The highest BCUT2D eigenvalue weighted by molar-refractivity contribution is 5.68. The molecule has 0 saturated carbocycles. The summed E-state index contributed by atoms with van der Waals surface area (Å²) in [5.74, 6) is -2.56. The molecule has 1 aliphatic rings. The Morgan fingerprint density at radius 1 is 1.18 bits per heavy atom. The minimum absolute atomic E-state index is 0.0170. The quantitative estimate of drug-likeness (QED) is 0.896. The van der Waals surface area contributed by atoms with Crippen LogP contribution in [0.3, 0.4) is 0 Å². The zero-order chi connectivity index (χ0) is 16.3. The molecule has 7 heteroatoms. The van der Waals surface area contributed by atoms with Gasteiger partial charge in [-0.1, -0.05) is 12.1 Å². The van der Waals surface area contributed by atoms with Gasteiger partial charge in [0.15, 0.2) is 0 Å². The van der Waals surface area contributed by atoms with Crippen LogP contribution in [0.4, 0.5) is 13.6 Å². The molecule has 0 spiro atoms. The number of aliphatic carboxylic acids is 1. The summed E-state index contributed by atoms with van der Waals surface area (Å²) in [6.45, 7) is 0.0340. The van der Waals surface area contributed by atoms with E-state index >= 15 is 4.39 Å². The van der Waals surface area contributed by atoms with Crippen LogP contribution < -0.4 is 0 Å². The number of amides is 1. The van der Waals surface area contributed by atoms with E-state index in [1.807, 2.05) is 0 Å². The van der Waals surface area contributed by atoms with Gasteiger partial charge >= 0.3 is 12.1 Å². The number of hydrogen-bond acceptors (Lipinski definition) is 2. The van der Waals surface area contributed by atoms with Crippen molar-refractivity contribution in [3.05, 3.63) is 35.6 Å². The van der Waals surface area contributed by atoms with Crippen LogP contribution in [0.2, 0.25) is 0 Å². The number of piperidine rings is 1. The number of hydrogen-bond donors (Lipinski definition) is 2. The lowest BCUT2D eigenvalue weighted by molar-refractivity contribution is -0.138. The van der Waals surface area contributed by atoms with E-state index in [9.17, 15) is 14.0 Å². The summed E-state index contributed by atoms with van der Waals surface area (Å²) in [5.41, 5.74) is -1.41. The lowest BCUT2D eigenvalue weighted by atomic mass is 9.75. The lowest BCUT2D eigenvalue weighted by Gasteiger charge is -2.40. The van der Waals surface area contributed by atoms with E-state index in [0.717, 1.165) is 4.90 Å². The number of carboxylic acids is 1. The van der Waals surface area contributed by atoms with Crippen LogP contribution in [-0.4, -0.2) is 45.9 Å². The van der Waals surface area contributed by atoms with Gasteiger partial charge in [-0.2, -0.15) is 0 Å². The largest absolute Gasteiger partial charge is 0.481 e. The second-order valence-electron chi connectivity index (χ2n) is 5.51. The van der Waals surface area contributed by atoms with Crippen LogP contribution in [0.5, 0.6) is 0 Å². The average Bonchev–Trinajstić information content (AvgIpc) is 2.46. The molecule has 1 amide bonds. The average molecular weight is 313 g/mol. The van der Waals surface area contributed by atoms with Gasteiger partial charge in [-0.25, -0.2) is 13.6 Å². The molecule has 0 aliphatic carbocycles. The summed E-state index contributed by atoms with van der Waals surface area (Å²) < 4.78 is 28.3. The number of nitrogens with zero attached hydrogens (tertiary/aromatic N) is 1. The second-order valence-corrected chi connectivity index (χ2v) is 5.51. The second kappa shape index (κ2) is 6.29. The van der Waals surface area contributed by atoms with Gasteiger partial charge in [0, 0.05) is 19.0 Å². The van der Waals surface area contributed by atoms with Crippen LogP contribution >= 0.6 is 0 Å². The predicted octanol–water partition coefficient (Wildman–Crippen LogP) is 2.87. The summed E-state index contributed by atoms with van der Waals surface area (Å²) in [6.07, 6.45) is -1.68. The Labute approximate surface area is 126 Å². The van der Waals surface area contributed by atoms with E-state index < -0.39 is 35.9 Å². The van der Waals surface area contributed by atoms with E-state index in [1.54, 1.807) is 0 Å². The molecule has 2 rings (SSSR count). The molecule has 1 aromatic rings. The Morgan fingerprint density at radius 3 is 2.18 bits per heavy atom. The van der Waals surface area contributed by atoms with Gasteiger partial charge in [-0.3, -0.25) is 4.79 Å². The molecule has 120 valence electrons. The van der Waals surface area contributed by atoms with Gasteiger partial charge in [-0.15, -0.1) is 0 Å². The highest BCUT2D eigenvalue weighted by Gasteiger charge is 2.44. The molecule has 0 bridgehead atoms. The first kappa shape index (κ1) is 16.2. The van der Waals surface area contributed by atoms with Gasteiger partial charge < -0.3 is 15.1 Å². The first-order valence-electron chi connectivity index (χ1n) is 6.96. The van der Waals surface area contributed by atoms with Crippen molar-refractivity contribution >= 4 is 12.1 Å². The summed E-state index contributed by atoms with van der Waals surface area (Å²) in [4.78, 5) is 23.1. The first-order chi connectivity index (χ1) is 10.3. The molecule has 5 nitrogen and oxygen atoms in total. The Bertz CT molecular complexity index is 553. The van der Waals surface area contributed by atoms with E-state index in [4.69, 9.17) is 10.2 Å². The van der Waals surface area contributed by atoms with Crippen LogP contribution in [0, 0.1) is 5.82 Å². The van der Waals surface area contributed by atoms with Crippen molar-refractivity contribution in [2.24, 2.45) is 0 Å². The number of rotatable bonds is 4. The number of alkyl halides is 1. The maximum atomic E-state index is 15.2. The fourth-order valence-electron chi connectivity index (χ4n) is 2.89. The van der Waals surface area contributed by atoms with Crippen LogP contribution in [-0.2, 0) is 4.79 Å². The maximum Gasteiger partial charge on any atom is 0.407 e. The van der Waals surface area contributed by atoms with E-state index in [-0.39, 0.29) is 25.9 Å². The molecule has 1 aromatic carbocycles.